The minimum Gasteiger partial charge on any atom is -0.244 e. The molecule has 6 heteroatoms. The third kappa shape index (κ3) is 2.66. The summed E-state index contributed by atoms with van der Waals surface area (Å²) < 4.78 is 27.6. The largest absolute Gasteiger partial charge is 0.244 e. The first-order valence-electron chi connectivity index (χ1n) is 7.99. The van der Waals surface area contributed by atoms with E-state index in [0.29, 0.717) is 12.8 Å². The highest BCUT2D eigenvalue weighted by Gasteiger charge is 2.46. The summed E-state index contributed by atoms with van der Waals surface area (Å²) in [6, 6.07) is 9.77. The highest BCUT2D eigenvalue weighted by Crippen LogP contribution is 2.44. The molecule has 0 N–H and O–H groups in total. The molecule has 5 nitrogen and oxygen atoms in total. The number of nitrogens with zero attached hydrogens (tertiary/aromatic N) is 3. The van der Waals surface area contributed by atoms with Crippen LogP contribution in [-0.2, 0) is 22.9 Å². The van der Waals surface area contributed by atoms with E-state index in [2.05, 4.69) is 9.97 Å². The second-order valence-electron chi connectivity index (χ2n) is 6.26. The van der Waals surface area contributed by atoms with Crippen LogP contribution in [-0.4, -0.2) is 34.5 Å². The molecule has 0 radical (unpaired) electrons. The lowest BCUT2D eigenvalue weighted by molar-refractivity contribution is 0.300. The quantitative estimate of drug-likeness (QED) is 0.862. The molecule has 1 fully saturated rings. The molecule has 0 spiro atoms. The van der Waals surface area contributed by atoms with Crippen molar-refractivity contribution in [3.63, 3.8) is 0 Å². The van der Waals surface area contributed by atoms with Crippen molar-refractivity contribution in [2.75, 3.05) is 5.75 Å². The molecule has 2 unspecified atom stereocenters. The fraction of sp³-hybridized carbons (Fsp3) is 0.412. The molecule has 1 saturated heterocycles. The summed E-state index contributed by atoms with van der Waals surface area (Å²) in [5.74, 6) is 0.160. The normalized spacial score (nSPS) is 23.7. The third-order valence-corrected chi connectivity index (χ3v) is 6.78. The fourth-order valence-corrected chi connectivity index (χ4v) is 5.74. The van der Waals surface area contributed by atoms with Crippen LogP contribution in [0.25, 0.3) is 0 Å². The lowest BCUT2D eigenvalue weighted by Crippen LogP contribution is -2.43. The summed E-state index contributed by atoms with van der Waals surface area (Å²) in [5, 5.41) is 0. The molecular weight excluding hydrogens is 310 g/mol. The zero-order valence-electron chi connectivity index (χ0n) is 12.8. The number of aryl methyl sites for hydroxylation is 1. The molecule has 1 aromatic carbocycles. The van der Waals surface area contributed by atoms with Gasteiger partial charge in [0.2, 0.25) is 10.0 Å². The maximum atomic E-state index is 12.9. The van der Waals surface area contributed by atoms with E-state index in [4.69, 9.17) is 0 Å². The van der Waals surface area contributed by atoms with E-state index < -0.39 is 10.0 Å². The Labute approximate surface area is 136 Å². The first-order chi connectivity index (χ1) is 11.1. The first-order valence-corrected chi connectivity index (χ1v) is 9.60. The van der Waals surface area contributed by atoms with Gasteiger partial charge in [-0.3, -0.25) is 0 Å². The highest BCUT2D eigenvalue weighted by molar-refractivity contribution is 7.89. The number of hydrogen-bond donors (Lipinski definition) is 0. The zero-order chi connectivity index (χ0) is 15.9. The van der Waals surface area contributed by atoms with Crippen molar-refractivity contribution in [1.29, 1.82) is 0 Å². The molecule has 2 aromatic rings. The Morgan fingerprint density at radius 1 is 1.17 bits per heavy atom. The molecule has 0 amide bonds. The molecule has 2 bridgehead atoms. The average molecular weight is 329 g/mol. The molecule has 4 rings (SSSR count). The van der Waals surface area contributed by atoms with Gasteiger partial charge in [0.05, 0.1) is 17.5 Å². The van der Waals surface area contributed by atoms with Gasteiger partial charge in [0.25, 0.3) is 0 Å². The molecule has 2 aliphatic heterocycles. The maximum absolute atomic E-state index is 12.9. The van der Waals surface area contributed by atoms with Crippen molar-refractivity contribution >= 4 is 10.0 Å². The van der Waals surface area contributed by atoms with Crippen LogP contribution in [0.1, 0.15) is 35.7 Å². The molecule has 0 saturated carbocycles. The summed E-state index contributed by atoms with van der Waals surface area (Å²) >= 11 is 0. The topological polar surface area (TPSA) is 63.2 Å². The standard InChI is InChI=1S/C17H19N3O2S/c21-23(22,9-8-13-4-2-1-3-5-13)20-14-6-7-17(20)15-11-18-12-19-16(15)10-14/h1-5,11-12,14,17H,6-10H2. The van der Waals surface area contributed by atoms with Gasteiger partial charge in [0.1, 0.15) is 6.33 Å². The van der Waals surface area contributed by atoms with E-state index >= 15 is 0 Å². The monoisotopic (exact) mass is 329 g/mol. The lowest BCUT2D eigenvalue weighted by Gasteiger charge is -2.34. The minimum atomic E-state index is -3.28. The van der Waals surface area contributed by atoms with Crippen LogP contribution in [0.5, 0.6) is 0 Å². The van der Waals surface area contributed by atoms with Gasteiger partial charge in [-0.05, 0) is 24.8 Å². The van der Waals surface area contributed by atoms with Crippen LogP contribution in [0.15, 0.2) is 42.9 Å². The van der Waals surface area contributed by atoms with Gasteiger partial charge in [0.15, 0.2) is 0 Å². The van der Waals surface area contributed by atoms with E-state index in [1.54, 1.807) is 16.8 Å². The van der Waals surface area contributed by atoms with Crippen LogP contribution >= 0.6 is 0 Å². The van der Waals surface area contributed by atoms with E-state index in [1.165, 1.54) is 0 Å². The SMILES string of the molecule is O=S(=O)(CCc1ccccc1)N1C2CCC1c1cncnc1C2. The van der Waals surface area contributed by atoms with Crippen molar-refractivity contribution in [2.45, 2.75) is 37.8 Å². The zero-order valence-corrected chi connectivity index (χ0v) is 13.6. The second kappa shape index (κ2) is 5.69. The summed E-state index contributed by atoms with van der Waals surface area (Å²) in [7, 11) is -3.28. The van der Waals surface area contributed by atoms with Gasteiger partial charge in [-0.2, -0.15) is 4.31 Å². The van der Waals surface area contributed by atoms with Crippen LogP contribution in [0.3, 0.4) is 0 Å². The van der Waals surface area contributed by atoms with Gasteiger partial charge in [-0.1, -0.05) is 30.3 Å². The fourth-order valence-electron chi connectivity index (χ4n) is 3.80. The smallest absolute Gasteiger partial charge is 0.215 e. The summed E-state index contributed by atoms with van der Waals surface area (Å²) in [6.45, 7) is 0. The molecule has 2 aliphatic rings. The Morgan fingerprint density at radius 3 is 2.83 bits per heavy atom. The number of sulfonamides is 1. The van der Waals surface area contributed by atoms with Gasteiger partial charge in [0, 0.05) is 24.2 Å². The Hall–Kier alpha value is -1.79. The third-order valence-electron chi connectivity index (χ3n) is 4.87. The number of rotatable bonds is 4. The van der Waals surface area contributed by atoms with Crippen molar-refractivity contribution in [3.8, 4) is 0 Å². The Balaban J connectivity index is 1.58. The predicted octanol–water partition coefficient (Wildman–Crippen LogP) is 2.11. The summed E-state index contributed by atoms with van der Waals surface area (Å²) in [5.41, 5.74) is 3.07. The van der Waals surface area contributed by atoms with Crippen LogP contribution < -0.4 is 0 Å². The lowest BCUT2D eigenvalue weighted by atomic mass is 10.0. The van der Waals surface area contributed by atoms with E-state index in [0.717, 1.165) is 29.7 Å². The van der Waals surface area contributed by atoms with Crippen LogP contribution in [0.4, 0.5) is 0 Å². The van der Waals surface area contributed by atoms with Crippen molar-refractivity contribution in [3.05, 3.63) is 59.7 Å². The number of aromatic nitrogens is 2. The number of hydrogen-bond acceptors (Lipinski definition) is 4. The van der Waals surface area contributed by atoms with E-state index in [1.807, 2.05) is 30.3 Å². The Morgan fingerprint density at radius 2 is 2.00 bits per heavy atom. The van der Waals surface area contributed by atoms with Crippen molar-refractivity contribution < 1.29 is 8.42 Å². The summed E-state index contributed by atoms with van der Waals surface area (Å²) in [6.07, 6.45) is 6.38. The molecular formula is C17H19N3O2S. The van der Waals surface area contributed by atoms with E-state index in [9.17, 15) is 8.42 Å². The Kier molecular flexibility index (Phi) is 3.66. The maximum Gasteiger partial charge on any atom is 0.215 e. The van der Waals surface area contributed by atoms with Gasteiger partial charge >= 0.3 is 0 Å². The van der Waals surface area contributed by atoms with Gasteiger partial charge in [-0.15, -0.1) is 0 Å². The second-order valence-corrected chi connectivity index (χ2v) is 8.25. The first kappa shape index (κ1) is 14.8. The minimum absolute atomic E-state index is 0.0585. The van der Waals surface area contributed by atoms with Crippen LogP contribution in [0.2, 0.25) is 0 Å². The van der Waals surface area contributed by atoms with Crippen molar-refractivity contribution in [1.82, 2.24) is 14.3 Å². The molecule has 1 aromatic heterocycles. The number of fused-ring (bicyclic) bond motifs is 4. The van der Waals surface area contributed by atoms with Gasteiger partial charge < -0.3 is 0 Å². The molecule has 120 valence electrons. The van der Waals surface area contributed by atoms with Crippen LogP contribution in [0, 0.1) is 0 Å². The molecule has 0 aliphatic carbocycles. The highest BCUT2D eigenvalue weighted by atomic mass is 32.2. The predicted molar refractivity (Wildman–Crippen MR) is 87.3 cm³/mol. The molecule has 3 heterocycles. The number of benzene rings is 1. The summed E-state index contributed by atoms with van der Waals surface area (Å²) in [4.78, 5) is 8.43. The average Bonchev–Trinajstić information content (AvgIpc) is 2.91. The molecule has 23 heavy (non-hydrogen) atoms. The Bertz CT molecular complexity index is 808. The van der Waals surface area contributed by atoms with E-state index in [-0.39, 0.29) is 17.8 Å². The van der Waals surface area contributed by atoms with Crippen molar-refractivity contribution in [2.24, 2.45) is 0 Å². The molecule has 2 atom stereocenters. The van der Waals surface area contributed by atoms with Gasteiger partial charge in [-0.25, -0.2) is 18.4 Å².